The molecule has 2 N–H and O–H groups in total. The zero-order valence-electron chi connectivity index (χ0n) is 7.00. The minimum absolute atomic E-state index is 0.125. The van der Waals surface area contributed by atoms with Gasteiger partial charge in [-0.25, -0.2) is 0 Å². The van der Waals surface area contributed by atoms with Crippen LogP contribution in [-0.2, 0) is 0 Å². The Kier molecular flexibility index (Phi) is 3.87. The Labute approximate surface area is 68.2 Å². The Morgan fingerprint density at radius 1 is 0.818 bits per heavy atom. The predicted molar refractivity (Wildman–Crippen MR) is 44.2 cm³/mol. The third kappa shape index (κ3) is 2.80. The summed E-state index contributed by atoms with van der Waals surface area (Å²) in [5.41, 5.74) is 0. The van der Waals surface area contributed by atoms with Gasteiger partial charge >= 0.3 is 0 Å². The van der Waals surface area contributed by atoms with Crippen LogP contribution in [0.2, 0.25) is 0 Å². The molecule has 2 rings (SSSR count). The molecule has 0 aliphatic heterocycles. The topological polar surface area (TPSA) is 40.5 Å². The number of hydrogen-bond acceptors (Lipinski definition) is 2. The van der Waals surface area contributed by atoms with E-state index in [-0.39, 0.29) is 13.2 Å². The van der Waals surface area contributed by atoms with Crippen LogP contribution < -0.4 is 0 Å². The van der Waals surface area contributed by atoms with Gasteiger partial charge in [0.2, 0.25) is 0 Å². The third-order valence-corrected chi connectivity index (χ3v) is 2.73. The van der Waals surface area contributed by atoms with E-state index in [0.717, 1.165) is 0 Å². The first-order valence-corrected chi connectivity index (χ1v) is 4.58. The van der Waals surface area contributed by atoms with E-state index in [1.165, 1.54) is 11.8 Å². The molecule has 0 aromatic rings. The van der Waals surface area contributed by atoms with Gasteiger partial charge in [-0.15, -0.1) is 0 Å². The Balaban J connectivity index is 0.000000134. The highest BCUT2D eigenvalue weighted by molar-refractivity contribution is 4.82. The maximum absolute atomic E-state index is 7.62. The largest absolute Gasteiger partial charge is 0.394 e. The van der Waals surface area contributed by atoms with Crippen molar-refractivity contribution in [2.75, 3.05) is 13.2 Å². The first-order chi connectivity index (χ1) is 5.36. The van der Waals surface area contributed by atoms with Crippen molar-refractivity contribution in [1.29, 1.82) is 0 Å². The predicted octanol–water partition coefficient (Wildman–Crippen LogP) is 1.17. The highest BCUT2D eigenvalue weighted by Gasteiger charge is 2.30. The van der Waals surface area contributed by atoms with E-state index in [1.54, 1.807) is 32.1 Å². The van der Waals surface area contributed by atoms with Crippen LogP contribution >= 0.6 is 0 Å². The van der Waals surface area contributed by atoms with Gasteiger partial charge in [-0.1, -0.05) is 25.7 Å². The van der Waals surface area contributed by atoms with E-state index in [4.69, 9.17) is 10.2 Å². The molecule has 2 heteroatoms. The zero-order valence-corrected chi connectivity index (χ0v) is 7.00. The van der Waals surface area contributed by atoms with E-state index in [1.807, 2.05) is 0 Å². The lowest BCUT2D eigenvalue weighted by Crippen LogP contribution is -1.90. The summed E-state index contributed by atoms with van der Waals surface area (Å²) in [7, 11) is 0. The first kappa shape index (κ1) is 9.01. The van der Waals surface area contributed by atoms with Crippen molar-refractivity contribution < 1.29 is 10.2 Å². The number of aliphatic hydroxyl groups excluding tert-OH is 2. The van der Waals surface area contributed by atoms with Crippen molar-refractivity contribution >= 4 is 0 Å². The van der Waals surface area contributed by atoms with Gasteiger partial charge < -0.3 is 10.2 Å². The van der Waals surface area contributed by atoms with E-state index < -0.39 is 0 Å². The summed E-state index contributed by atoms with van der Waals surface area (Å²) < 4.78 is 0. The van der Waals surface area contributed by atoms with E-state index in [0.29, 0.717) is 0 Å². The van der Waals surface area contributed by atoms with Crippen LogP contribution in [0.4, 0.5) is 0 Å². The van der Waals surface area contributed by atoms with Crippen LogP contribution in [0, 0.1) is 11.8 Å². The molecule has 0 spiro atoms. The minimum Gasteiger partial charge on any atom is -0.394 e. The van der Waals surface area contributed by atoms with E-state index >= 15 is 0 Å². The molecule has 2 fully saturated rings. The van der Waals surface area contributed by atoms with Gasteiger partial charge in [0.05, 0.1) is 13.2 Å². The van der Waals surface area contributed by atoms with Gasteiger partial charge in [-0.05, 0) is 18.3 Å². The summed E-state index contributed by atoms with van der Waals surface area (Å²) in [5, 5.41) is 15.2. The number of hydrogen-bond donors (Lipinski definition) is 2. The molecule has 11 heavy (non-hydrogen) atoms. The minimum atomic E-state index is -0.125. The van der Waals surface area contributed by atoms with Crippen LogP contribution in [0.1, 0.15) is 32.1 Å². The van der Waals surface area contributed by atoms with Crippen LogP contribution in [0.25, 0.3) is 0 Å². The number of aliphatic hydroxyl groups is 2. The van der Waals surface area contributed by atoms with E-state index in [2.05, 4.69) is 0 Å². The molecule has 0 amide bonds. The van der Waals surface area contributed by atoms with Crippen LogP contribution in [0.3, 0.4) is 0 Å². The van der Waals surface area contributed by atoms with Crippen molar-refractivity contribution in [2.24, 2.45) is 11.8 Å². The van der Waals surface area contributed by atoms with Gasteiger partial charge in [-0.2, -0.15) is 0 Å². The van der Waals surface area contributed by atoms with Gasteiger partial charge in [0.25, 0.3) is 0 Å². The summed E-state index contributed by atoms with van der Waals surface area (Å²) in [4.78, 5) is 0. The number of fused-ring (bicyclic) bond motifs is 2. The van der Waals surface area contributed by atoms with Gasteiger partial charge in [0.1, 0.15) is 0 Å². The fourth-order valence-corrected chi connectivity index (χ4v) is 2.17. The fraction of sp³-hybridized carbons (Fsp3) is 1.00. The maximum atomic E-state index is 7.62. The molecule has 2 nitrogen and oxygen atoms in total. The highest BCUT2D eigenvalue weighted by Crippen LogP contribution is 2.43. The van der Waals surface area contributed by atoms with Gasteiger partial charge in [0.15, 0.2) is 0 Å². The fourth-order valence-electron chi connectivity index (χ4n) is 2.17. The molecule has 0 aromatic carbocycles. The number of rotatable bonds is 1. The molecule has 2 saturated carbocycles. The Bertz CT molecular complexity index is 83.7. The average Bonchev–Trinajstić information content (AvgIpc) is 2.67. The van der Waals surface area contributed by atoms with Gasteiger partial charge in [-0.3, -0.25) is 0 Å². The molecule has 2 bridgehead atoms. The van der Waals surface area contributed by atoms with E-state index in [9.17, 15) is 0 Å². The highest BCUT2D eigenvalue weighted by atomic mass is 16.3. The second kappa shape index (κ2) is 4.73. The lowest BCUT2D eigenvalue weighted by Gasteiger charge is -2.05. The summed E-state index contributed by atoms with van der Waals surface area (Å²) in [6.45, 7) is -0.250. The standard InChI is InChI=1S/C7H12.C2H6O2/c1-2-7-4-3-6(1)5-7;3-1-2-4/h6-7H,1-5H2;3-4H,1-2H2. The SMILES string of the molecule is C1CC2CCC1C2.OCCO. The molecule has 0 atom stereocenters. The quantitative estimate of drug-likeness (QED) is 0.601. The average molecular weight is 158 g/mol. The van der Waals surface area contributed by atoms with Crippen molar-refractivity contribution in [2.45, 2.75) is 32.1 Å². The lowest BCUT2D eigenvalue weighted by atomic mass is 10.0. The van der Waals surface area contributed by atoms with Crippen LogP contribution in [0.5, 0.6) is 0 Å². The molecule has 0 aromatic heterocycles. The van der Waals surface area contributed by atoms with Crippen LogP contribution in [0.15, 0.2) is 0 Å². The zero-order chi connectivity index (χ0) is 8.10. The molecule has 2 aliphatic rings. The molecular weight excluding hydrogens is 140 g/mol. The molecule has 66 valence electrons. The smallest absolute Gasteiger partial charge is 0.0662 e. The first-order valence-electron chi connectivity index (χ1n) is 4.58. The molecule has 0 unspecified atom stereocenters. The summed E-state index contributed by atoms with van der Waals surface area (Å²) >= 11 is 0. The summed E-state index contributed by atoms with van der Waals surface area (Å²) in [6.07, 6.45) is 7.82. The van der Waals surface area contributed by atoms with Crippen molar-refractivity contribution in [3.63, 3.8) is 0 Å². The van der Waals surface area contributed by atoms with Crippen molar-refractivity contribution in [3.8, 4) is 0 Å². The normalized spacial score (nSPS) is 33.3. The third-order valence-electron chi connectivity index (χ3n) is 2.73. The monoisotopic (exact) mass is 158 g/mol. The molecular formula is C9H18O2. The molecule has 0 heterocycles. The van der Waals surface area contributed by atoms with Crippen LogP contribution in [-0.4, -0.2) is 23.4 Å². The second-order valence-electron chi connectivity index (χ2n) is 3.57. The van der Waals surface area contributed by atoms with Gasteiger partial charge in [0, 0.05) is 0 Å². The summed E-state index contributed by atoms with van der Waals surface area (Å²) in [6, 6.07) is 0. The molecule has 2 aliphatic carbocycles. The maximum Gasteiger partial charge on any atom is 0.0662 e. The molecule has 0 radical (unpaired) electrons. The second-order valence-corrected chi connectivity index (χ2v) is 3.57. The lowest BCUT2D eigenvalue weighted by molar-refractivity contribution is 0.186. The molecule has 0 saturated heterocycles. The summed E-state index contributed by atoms with van der Waals surface area (Å²) in [5.74, 6) is 2.34. The van der Waals surface area contributed by atoms with Crippen molar-refractivity contribution in [1.82, 2.24) is 0 Å². The Hall–Kier alpha value is -0.0800. The van der Waals surface area contributed by atoms with Crippen molar-refractivity contribution in [3.05, 3.63) is 0 Å². The Morgan fingerprint density at radius 3 is 1.27 bits per heavy atom. The Morgan fingerprint density at radius 2 is 1.18 bits per heavy atom.